The summed E-state index contributed by atoms with van der Waals surface area (Å²) in [4.78, 5) is 26.8. The van der Waals surface area contributed by atoms with Crippen molar-refractivity contribution < 1.29 is 9.59 Å². The van der Waals surface area contributed by atoms with Crippen molar-refractivity contribution >= 4 is 47.8 Å². The van der Waals surface area contributed by atoms with Crippen LogP contribution in [0.1, 0.15) is 31.8 Å². The number of benzene rings is 3. The normalized spacial score (nSPS) is 11.1. The minimum atomic E-state index is -0.361. The van der Waals surface area contributed by atoms with Gasteiger partial charge in [0.25, 0.3) is 11.8 Å². The van der Waals surface area contributed by atoms with Crippen LogP contribution in [0.4, 0.5) is 0 Å². The first-order valence-electron chi connectivity index (χ1n) is 9.64. The second-order valence-electron chi connectivity index (χ2n) is 6.52. The summed E-state index contributed by atoms with van der Waals surface area (Å²) in [6.07, 6.45) is 7.18. The van der Waals surface area contributed by atoms with E-state index in [1.165, 1.54) is 0 Å². The summed E-state index contributed by atoms with van der Waals surface area (Å²) < 4.78 is 0. The zero-order valence-electron chi connectivity index (χ0n) is 17.6. The van der Waals surface area contributed by atoms with E-state index in [-0.39, 0.29) is 11.8 Å². The van der Waals surface area contributed by atoms with Gasteiger partial charge in [-0.1, -0.05) is 24.3 Å². The molecule has 0 aromatic heterocycles. The second kappa shape index (κ2) is 11.9. The average Bonchev–Trinajstić information content (AvgIpc) is 2.85. The average molecular weight is 463 g/mol. The summed E-state index contributed by atoms with van der Waals surface area (Å²) in [6, 6.07) is 21.9. The SMILES string of the molecule is CSc1ccc(C=NNC(=O)c2ccc(C(=O)NN=Cc3ccc(SC)cc3)cc2)cc1. The van der Waals surface area contributed by atoms with Crippen molar-refractivity contribution in [3.05, 3.63) is 95.1 Å². The summed E-state index contributed by atoms with van der Waals surface area (Å²) >= 11 is 3.32. The van der Waals surface area contributed by atoms with Crippen LogP contribution in [0.3, 0.4) is 0 Å². The van der Waals surface area contributed by atoms with E-state index in [0.29, 0.717) is 11.1 Å². The van der Waals surface area contributed by atoms with E-state index in [2.05, 4.69) is 21.1 Å². The van der Waals surface area contributed by atoms with Crippen LogP contribution < -0.4 is 10.9 Å². The lowest BCUT2D eigenvalue weighted by molar-refractivity contribution is 0.0943. The van der Waals surface area contributed by atoms with Gasteiger partial charge in [0.1, 0.15) is 0 Å². The number of nitrogens with zero attached hydrogens (tertiary/aromatic N) is 2. The Balaban J connectivity index is 1.51. The van der Waals surface area contributed by atoms with E-state index >= 15 is 0 Å². The fourth-order valence-corrected chi connectivity index (χ4v) is 3.43. The van der Waals surface area contributed by atoms with E-state index in [4.69, 9.17) is 0 Å². The summed E-state index contributed by atoms with van der Waals surface area (Å²) in [6.45, 7) is 0. The standard InChI is InChI=1S/C24H22N4O2S2/c1-31-21-11-3-17(4-12-21)15-25-27-23(29)19-7-9-20(10-8-19)24(30)28-26-16-18-5-13-22(32-2)14-6-18/h3-16H,1-2H3,(H,27,29)(H,28,30). The number of nitrogens with one attached hydrogen (secondary N) is 2. The topological polar surface area (TPSA) is 82.9 Å². The van der Waals surface area contributed by atoms with Gasteiger partial charge in [-0.15, -0.1) is 23.5 Å². The molecule has 162 valence electrons. The van der Waals surface area contributed by atoms with Gasteiger partial charge in [-0.3, -0.25) is 9.59 Å². The fraction of sp³-hybridized carbons (Fsp3) is 0.0833. The van der Waals surface area contributed by atoms with Gasteiger partial charge < -0.3 is 0 Å². The third kappa shape index (κ3) is 6.83. The molecule has 0 spiro atoms. The van der Waals surface area contributed by atoms with Crippen molar-refractivity contribution in [3.8, 4) is 0 Å². The molecule has 0 unspecified atom stereocenters. The Morgan fingerprint density at radius 3 is 1.28 bits per heavy atom. The van der Waals surface area contributed by atoms with E-state index in [0.717, 1.165) is 20.9 Å². The lowest BCUT2D eigenvalue weighted by atomic mass is 10.1. The molecule has 0 saturated carbocycles. The smallest absolute Gasteiger partial charge is 0.267 e. The van der Waals surface area contributed by atoms with Crippen LogP contribution in [0.5, 0.6) is 0 Å². The number of hydrogen-bond donors (Lipinski definition) is 2. The summed E-state index contributed by atoms with van der Waals surface area (Å²) in [5.41, 5.74) is 7.53. The highest BCUT2D eigenvalue weighted by atomic mass is 32.2. The molecule has 6 nitrogen and oxygen atoms in total. The first kappa shape index (κ1) is 23.3. The Morgan fingerprint density at radius 2 is 0.969 bits per heavy atom. The maximum Gasteiger partial charge on any atom is 0.271 e. The van der Waals surface area contributed by atoms with Gasteiger partial charge in [-0.05, 0) is 72.2 Å². The highest BCUT2D eigenvalue weighted by molar-refractivity contribution is 7.98. The summed E-state index contributed by atoms with van der Waals surface area (Å²) in [7, 11) is 0. The summed E-state index contributed by atoms with van der Waals surface area (Å²) in [5, 5.41) is 7.96. The molecular formula is C24H22N4O2S2. The van der Waals surface area contributed by atoms with Crippen molar-refractivity contribution in [3.63, 3.8) is 0 Å². The maximum atomic E-state index is 12.2. The Bertz CT molecular complexity index is 1020. The highest BCUT2D eigenvalue weighted by Gasteiger charge is 2.08. The van der Waals surface area contributed by atoms with Crippen molar-refractivity contribution in [1.29, 1.82) is 0 Å². The molecule has 2 N–H and O–H groups in total. The molecule has 3 aromatic rings. The number of carbonyl (C=O) groups excluding carboxylic acids is 2. The first-order chi connectivity index (χ1) is 15.6. The van der Waals surface area contributed by atoms with Crippen molar-refractivity contribution in [2.24, 2.45) is 10.2 Å². The van der Waals surface area contributed by atoms with Gasteiger partial charge >= 0.3 is 0 Å². The molecule has 0 heterocycles. The fourth-order valence-electron chi connectivity index (χ4n) is 2.61. The Kier molecular flexibility index (Phi) is 8.65. The van der Waals surface area contributed by atoms with Crippen LogP contribution in [-0.4, -0.2) is 36.8 Å². The zero-order chi connectivity index (χ0) is 22.8. The number of carbonyl (C=O) groups is 2. The predicted octanol–water partition coefficient (Wildman–Crippen LogP) is 4.66. The Hall–Kier alpha value is -3.36. The monoisotopic (exact) mass is 462 g/mol. The van der Waals surface area contributed by atoms with Crippen LogP contribution in [0.15, 0.2) is 92.8 Å². The highest BCUT2D eigenvalue weighted by Crippen LogP contribution is 2.14. The molecule has 32 heavy (non-hydrogen) atoms. The number of hydrazone groups is 2. The van der Waals surface area contributed by atoms with E-state index in [9.17, 15) is 9.59 Å². The van der Waals surface area contributed by atoms with Crippen LogP contribution in [0.25, 0.3) is 0 Å². The summed E-state index contributed by atoms with van der Waals surface area (Å²) in [5.74, 6) is -0.721. The lowest BCUT2D eigenvalue weighted by Crippen LogP contribution is -2.19. The van der Waals surface area contributed by atoms with Gasteiger partial charge in [-0.2, -0.15) is 10.2 Å². The van der Waals surface area contributed by atoms with Crippen molar-refractivity contribution in [1.82, 2.24) is 10.9 Å². The third-order valence-corrected chi connectivity index (χ3v) is 5.89. The first-order valence-corrected chi connectivity index (χ1v) is 12.1. The van der Waals surface area contributed by atoms with E-state index in [1.807, 2.05) is 61.0 Å². The predicted molar refractivity (Wildman–Crippen MR) is 133 cm³/mol. The van der Waals surface area contributed by atoms with Crippen molar-refractivity contribution in [2.45, 2.75) is 9.79 Å². The van der Waals surface area contributed by atoms with Crippen LogP contribution in [0, 0.1) is 0 Å². The van der Waals surface area contributed by atoms with Crippen LogP contribution >= 0.6 is 23.5 Å². The maximum absolute atomic E-state index is 12.2. The molecule has 0 radical (unpaired) electrons. The number of amides is 2. The molecule has 3 aromatic carbocycles. The molecule has 8 heteroatoms. The minimum absolute atomic E-state index is 0.361. The third-order valence-electron chi connectivity index (χ3n) is 4.40. The van der Waals surface area contributed by atoms with Crippen molar-refractivity contribution in [2.75, 3.05) is 12.5 Å². The number of thioether (sulfide) groups is 2. The molecule has 0 aliphatic carbocycles. The van der Waals surface area contributed by atoms with Gasteiger partial charge in [0.15, 0.2) is 0 Å². The Morgan fingerprint density at radius 1 is 0.625 bits per heavy atom. The molecule has 0 bridgehead atoms. The number of rotatable bonds is 8. The van der Waals surface area contributed by atoms with Crippen LogP contribution in [-0.2, 0) is 0 Å². The van der Waals surface area contributed by atoms with Gasteiger partial charge in [0, 0.05) is 20.9 Å². The van der Waals surface area contributed by atoms with Gasteiger partial charge in [0.05, 0.1) is 12.4 Å². The van der Waals surface area contributed by atoms with Gasteiger partial charge in [0.2, 0.25) is 0 Å². The minimum Gasteiger partial charge on any atom is -0.267 e. The lowest BCUT2D eigenvalue weighted by Gasteiger charge is -2.03. The van der Waals surface area contributed by atoms with E-state index < -0.39 is 0 Å². The molecular weight excluding hydrogens is 440 g/mol. The Labute approximate surface area is 195 Å². The molecule has 0 aliphatic heterocycles. The zero-order valence-corrected chi connectivity index (χ0v) is 19.2. The molecule has 0 atom stereocenters. The van der Waals surface area contributed by atoms with E-state index in [1.54, 1.807) is 60.2 Å². The molecule has 0 saturated heterocycles. The van der Waals surface area contributed by atoms with Crippen LogP contribution in [0.2, 0.25) is 0 Å². The molecule has 0 fully saturated rings. The number of hydrogen-bond acceptors (Lipinski definition) is 6. The molecule has 3 rings (SSSR count). The van der Waals surface area contributed by atoms with Gasteiger partial charge in [-0.25, -0.2) is 10.9 Å². The molecule has 0 aliphatic rings. The second-order valence-corrected chi connectivity index (χ2v) is 8.28. The quantitative estimate of drug-likeness (QED) is 0.290. The largest absolute Gasteiger partial charge is 0.271 e. The molecule has 2 amide bonds.